The summed E-state index contributed by atoms with van der Waals surface area (Å²) in [5.41, 5.74) is 1.38. The van der Waals surface area contributed by atoms with Crippen LogP contribution in [0.2, 0.25) is 0 Å². The van der Waals surface area contributed by atoms with Crippen LogP contribution in [-0.2, 0) is 11.3 Å². The van der Waals surface area contributed by atoms with Gasteiger partial charge in [-0.3, -0.25) is 9.69 Å². The maximum Gasteiger partial charge on any atom is 0.303 e. The van der Waals surface area contributed by atoms with Crippen LogP contribution < -0.4 is 0 Å². The molecule has 1 aromatic rings. The van der Waals surface area contributed by atoms with Crippen molar-refractivity contribution in [2.45, 2.75) is 51.2 Å². The molecule has 0 radical (unpaired) electrons. The van der Waals surface area contributed by atoms with E-state index in [1.165, 1.54) is 12.0 Å². The number of aliphatic carboxylic acids is 1. The van der Waals surface area contributed by atoms with Gasteiger partial charge in [-0.05, 0) is 45.3 Å². The second-order valence-corrected chi connectivity index (χ2v) is 6.46. The Labute approximate surface area is 133 Å². The molecule has 1 N–H and O–H groups in total. The number of carbonyl (C=O) groups is 1. The van der Waals surface area contributed by atoms with E-state index in [9.17, 15) is 4.79 Å². The SMILES string of the molecule is C[C@@H]1C[C@H](N(C)CCCC(=O)O)CCN1Cc1ccccc1. The van der Waals surface area contributed by atoms with Crippen LogP contribution in [0.4, 0.5) is 0 Å². The van der Waals surface area contributed by atoms with E-state index in [0.29, 0.717) is 12.1 Å². The number of nitrogens with zero attached hydrogens (tertiary/aromatic N) is 2. The van der Waals surface area contributed by atoms with Crippen LogP contribution in [0.5, 0.6) is 0 Å². The quantitative estimate of drug-likeness (QED) is 0.841. The number of rotatable bonds is 7. The number of benzene rings is 1. The summed E-state index contributed by atoms with van der Waals surface area (Å²) in [6.45, 7) is 5.32. The van der Waals surface area contributed by atoms with E-state index in [0.717, 1.165) is 32.5 Å². The van der Waals surface area contributed by atoms with Crippen LogP contribution in [0, 0.1) is 0 Å². The van der Waals surface area contributed by atoms with E-state index in [2.05, 4.69) is 54.1 Å². The summed E-state index contributed by atoms with van der Waals surface area (Å²) >= 11 is 0. The van der Waals surface area contributed by atoms with E-state index in [1.807, 2.05) is 0 Å². The van der Waals surface area contributed by atoms with Gasteiger partial charge in [-0.2, -0.15) is 0 Å². The minimum atomic E-state index is -0.695. The molecule has 1 fully saturated rings. The molecule has 1 heterocycles. The second-order valence-electron chi connectivity index (χ2n) is 6.46. The standard InChI is InChI=1S/C18H28N2O2/c1-15-13-17(19(2)11-6-9-18(21)22)10-12-20(15)14-16-7-4-3-5-8-16/h3-5,7-8,15,17H,6,9-14H2,1-2H3,(H,21,22)/t15-,17-/m1/s1. The van der Waals surface area contributed by atoms with Crippen LogP contribution in [-0.4, -0.2) is 53.1 Å². The summed E-state index contributed by atoms with van der Waals surface area (Å²) in [7, 11) is 2.13. The van der Waals surface area contributed by atoms with Crippen molar-refractivity contribution in [2.75, 3.05) is 20.1 Å². The van der Waals surface area contributed by atoms with Crippen molar-refractivity contribution in [1.29, 1.82) is 0 Å². The second kappa shape index (κ2) is 8.30. The molecule has 2 rings (SSSR count). The summed E-state index contributed by atoms with van der Waals surface area (Å²) in [6.07, 6.45) is 3.34. The van der Waals surface area contributed by atoms with Crippen molar-refractivity contribution in [1.82, 2.24) is 9.80 Å². The molecule has 122 valence electrons. The van der Waals surface area contributed by atoms with Gasteiger partial charge in [0.15, 0.2) is 0 Å². The van der Waals surface area contributed by atoms with E-state index in [1.54, 1.807) is 0 Å². The molecular weight excluding hydrogens is 276 g/mol. The number of likely N-dealkylation sites (tertiary alicyclic amines) is 1. The Morgan fingerprint density at radius 3 is 2.73 bits per heavy atom. The summed E-state index contributed by atoms with van der Waals surface area (Å²) in [5.74, 6) is -0.695. The zero-order chi connectivity index (χ0) is 15.9. The van der Waals surface area contributed by atoms with Gasteiger partial charge in [0.2, 0.25) is 0 Å². The first-order chi connectivity index (χ1) is 10.6. The highest BCUT2D eigenvalue weighted by atomic mass is 16.4. The molecule has 0 aliphatic carbocycles. The summed E-state index contributed by atoms with van der Waals surface area (Å²) in [5, 5.41) is 8.73. The van der Waals surface area contributed by atoms with Gasteiger partial charge in [-0.25, -0.2) is 0 Å². The molecule has 1 aromatic carbocycles. The fraction of sp³-hybridized carbons (Fsp3) is 0.611. The Bertz CT molecular complexity index is 463. The zero-order valence-electron chi connectivity index (χ0n) is 13.7. The average molecular weight is 304 g/mol. The molecule has 1 aliphatic heterocycles. The van der Waals surface area contributed by atoms with E-state index < -0.39 is 5.97 Å². The van der Waals surface area contributed by atoms with Gasteiger partial charge in [0.05, 0.1) is 0 Å². The fourth-order valence-corrected chi connectivity index (χ4v) is 3.31. The molecule has 2 atom stereocenters. The van der Waals surface area contributed by atoms with Crippen molar-refractivity contribution >= 4 is 5.97 Å². The minimum Gasteiger partial charge on any atom is -0.481 e. The lowest BCUT2D eigenvalue weighted by atomic mass is 9.96. The Morgan fingerprint density at radius 1 is 1.36 bits per heavy atom. The van der Waals surface area contributed by atoms with Crippen molar-refractivity contribution in [2.24, 2.45) is 0 Å². The topological polar surface area (TPSA) is 43.8 Å². The summed E-state index contributed by atoms with van der Waals surface area (Å²) in [6, 6.07) is 11.8. The van der Waals surface area contributed by atoms with Gasteiger partial charge in [0.1, 0.15) is 0 Å². The van der Waals surface area contributed by atoms with Gasteiger partial charge in [-0.1, -0.05) is 30.3 Å². The van der Waals surface area contributed by atoms with Crippen molar-refractivity contribution < 1.29 is 9.90 Å². The first-order valence-corrected chi connectivity index (χ1v) is 8.26. The Hall–Kier alpha value is -1.39. The third-order valence-electron chi connectivity index (χ3n) is 4.74. The molecule has 4 heteroatoms. The molecule has 22 heavy (non-hydrogen) atoms. The number of carboxylic acid groups (broad SMARTS) is 1. The normalized spacial score (nSPS) is 22.9. The average Bonchev–Trinajstić information content (AvgIpc) is 2.50. The van der Waals surface area contributed by atoms with Crippen molar-refractivity contribution in [3.8, 4) is 0 Å². The molecule has 0 saturated carbocycles. The third-order valence-corrected chi connectivity index (χ3v) is 4.74. The lowest BCUT2D eigenvalue weighted by Gasteiger charge is -2.41. The highest BCUT2D eigenvalue weighted by Gasteiger charge is 2.27. The van der Waals surface area contributed by atoms with Crippen LogP contribution in [0.15, 0.2) is 30.3 Å². The summed E-state index contributed by atoms with van der Waals surface area (Å²) < 4.78 is 0. The molecule has 4 nitrogen and oxygen atoms in total. The molecule has 1 saturated heterocycles. The van der Waals surface area contributed by atoms with Gasteiger partial charge in [0, 0.05) is 31.6 Å². The van der Waals surface area contributed by atoms with Gasteiger partial charge in [-0.15, -0.1) is 0 Å². The van der Waals surface area contributed by atoms with E-state index >= 15 is 0 Å². The van der Waals surface area contributed by atoms with Crippen LogP contribution in [0.25, 0.3) is 0 Å². The molecular formula is C18H28N2O2. The van der Waals surface area contributed by atoms with Crippen molar-refractivity contribution in [3.63, 3.8) is 0 Å². The van der Waals surface area contributed by atoms with E-state index in [-0.39, 0.29) is 6.42 Å². The number of carboxylic acids is 1. The lowest BCUT2D eigenvalue weighted by Crippen LogP contribution is -2.47. The molecule has 0 bridgehead atoms. The van der Waals surface area contributed by atoms with Crippen LogP contribution >= 0.6 is 0 Å². The molecule has 0 spiro atoms. The minimum absolute atomic E-state index is 0.271. The monoisotopic (exact) mass is 304 g/mol. The van der Waals surface area contributed by atoms with Gasteiger partial charge >= 0.3 is 5.97 Å². The first kappa shape index (κ1) is 17.0. The molecule has 1 aliphatic rings. The highest BCUT2D eigenvalue weighted by Crippen LogP contribution is 2.23. The van der Waals surface area contributed by atoms with Gasteiger partial charge < -0.3 is 10.0 Å². The predicted octanol–water partition coefficient (Wildman–Crippen LogP) is 2.84. The smallest absolute Gasteiger partial charge is 0.303 e. The van der Waals surface area contributed by atoms with Crippen LogP contribution in [0.1, 0.15) is 38.2 Å². The Morgan fingerprint density at radius 2 is 2.09 bits per heavy atom. The Balaban J connectivity index is 1.78. The number of hydrogen-bond donors (Lipinski definition) is 1. The van der Waals surface area contributed by atoms with E-state index in [4.69, 9.17) is 5.11 Å². The summed E-state index contributed by atoms with van der Waals surface area (Å²) in [4.78, 5) is 15.5. The van der Waals surface area contributed by atoms with Gasteiger partial charge in [0.25, 0.3) is 0 Å². The maximum atomic E-state index is 10.6. The maximum absolute atomic E-state index is 10.6. The molecule has 0 aromatic heterocycles. The lowest BCUT2D eigenvalue weighted by molar-refractivity contribution is -0.137. The molecule has 0 unspecified atom stereocenters. The predicted molar refractivity (Wildman–Crippen MR) is 88.8 cm³/mol. The largest absolute Gasteiger partial charge is 0.481 e. The third kappa shape index (κ3) is 5.11. The first-order valence-electron chi connectivity index (χ1n) is 8.26. The fourth-order valence-electron chi connectivity index (χ4n) is 3.31. The van der Waals surface area contributed by atoms with Crippen molar-refractivity contribution in [3.05, 3.63) is 35.9 Å². The highest BCUT2D eigenvalue weighted by molar-refractivity contribution is 5.66. The zero-order valence-corrected chi connectivity index (χ0v) is 13.7. The Kier molecular flexibility index (Phi) is 6.40. The number of piperidine rings is 1. The van der Waals surface area contributed by atoms with Crippen LogP contribution in [0.3, 0.4) is 0 Å². The molecule has 0 amide bonds. The number of hydrogen-bond acceptors (Lipinski definition) is 3.